The summed E-state index contributed by atoms with van der Waals surface area (Å²) in [6, 6.07) is 6.07. The zero-order valence-electron chi connectivity index (χ0n) is 16.1. The topological polar surface area (TPSA) is 105 Å². The number of benzene rings is 1. The summed E-state index contributed by atoms with van der Waals surface area (Å²) in [4.78, 5) is 38.4. The van der Waals surface area contributed by atoms with Crippen LogP contribution in [0.5, 0.6) is 0 Å². The van der Waals surface area contributed by atoms with Crippen molar-refractivity contribution in [1.29, 1.82) is 0 Å². The van der Waals surface area contributed by atoms with Crippen LogP contribution in [-0.2, 0) is 22.7 Å². The van der Waals surface area contributed by atoms with E-state index in [0.29, 0.717) is 37.2 Å². The highest BCUT2D eigenvalue weighted by molar-refractivity contribution is 6.05. The van der Waals surface area contributed by atoms with Gasteiger partial charge in [0.25, 0.3) is 5.91 Å². The molecule has 3 aliphatic rings. The van der Waals surface area contributed by atoms with Crippen molar-refractivity contribution < 1.29 is 14.4 Å². The number of nitrogens with zero attached hydrogens (tertiary/aromatic N) is 1. The summed E-state index contributed by atoms with van der Waals surface area (Å²) < 4.78 is 0. The molecule has 3 unspecified atom stereocenters. The van der Waals surface area contributed by atoms with Gasteiger partial charge < -0.3 is 16.0 Å². The third kappa shape index (κ3) is 3.82. The summed E-state index contributed by atoms with van der Waals surface area (Å²) >= 11 is 0. The van der Waals surface area contributed by atoms with Gasteiger partial charge in [-0.25, -0.2) is 0 Å². The largest absolute Gasteiger partial charge is 0.328 e. The van der Waals surface area contributed by atoms with Crippen LogP contribution in [0.1, 0.15) is 66.4 Å². The van der Waals surface area contributed by atoms with Crippen LogP contribution in [0.15, 0.2) is 18.2 Å². The minimum absolute atomic E-state index is 0.107. The fourth-order valence-corrected chi connectivity index (χ4v) is 4.63. The Labute approximate surface area is 165 Å². The highest BCUT2D eigenvalue weighted by Crippen LogP contribution is 2.30. The molecule has 1 aliphatic carbocycles. The number of nitrogens with two attached hydrogens (primary N) is 1. The van der Waals surface area contributed by atoms with Gasteiger partial charge in [-0.15, -0.1) is 0 Å². The van der Waals surface area contributed by atoms with Gasteiger partial charge in [-0.05, 0) is 43.2 Å². The fraction of sp³-hybridized carbons (Fsp3) is 0.571. The summed E-state index contributed by atoms with van der Waals surface area (Å²) in [6.07, 6.45) is 6.08. The van der Waals surface area contributed by atoms with E-state index in [1.54, 1.807) is 4.90 Å². The molecular weight excluding hydrogens is 356 g/mol. The molecular formula is C21H28N4O3. The van der Waals surface area contributed by atoms with Gasteiger partial charge in [0.1, 0.15) is 6.04 Å². The maximum Gasteiger partial charge on any atom is 0.255 e. The minimum atomic E-state index is -0.568. The van der Waals surface area contributed by atoms with E-state index < -0.39 is 6.04 Å². The lowest BCUT2D eigenvalue weighted by Gasteiger charge is -2.29. The van der Waals surface area contributed by atoms with Crippen molar-refractivity contribution in [2.75, 3.05) is 0 Å². The van der Waals surface area contributed by atoms with Crippen molar-refractivity contribution in [1.82, 2.24) is 15.5 Å². The quantitative estimate of drug-likeness (QED) is 0.534. The first-order valence-corrected chi connectivity index (χ1v) is 10.3. The van der Waals surface area contributed by atoms with Crippen LogP contribution in [0.2, 0.25) is 0 Å². The molecule has 1 saturated carbocycles. The lowest BCUT2D eigenvalue weighted by atomic mass is 10.0. The number of imide groups is 1. The van der Waals surface area contributed by atoms with E-state index in [1.165, 1.54) is 0 Å². The molecule has 2 heterocycles. The molecule has 1 saturated heterocycles. The summed E-state index contributed by atoms with van der Waals surface area (Å²) in [6.45, 7) is 1.06. The number of hydrogen-bond acceptors (Lipinski definition) is 5. The Balaban J connectivity index is 1.46. The second-order valence-electron chi connectivity index (χ2n) is 8.20. The first-order chi connectivity index (χ1) is 13.5. The molecule has 7 nitrogen and oxygen atoms in total. The van der Waals surface area contributed by atoms with Crippen molar-refractivity contribution in [2.24, 2.45) is 5.73 Å². The third-order valence-corrected chi connectivity index (χ3v) is 6.23. The van der Waals surface area contributed by atoms with Crippen molar-refractivity contribution in [3.63, 3.8) is 0 Å². The average molecular weight is 384 g/mol. The summed E-state index contributed by atoms with van der Waals surface area (Å²) in [5, 5.41) is 5.96. The maximum absolute atomic E-state index is 13.1. The molecule has 3 atom stereocenters. The van der Waals surface area contributed by atoms with E-state index in [9.17, 15) is 14.4 Å². The van der Waals surface area contributed by atoms with Gasteiger partial charge in [0, 0.05) is 37.2 Å². The summed E-state index contributed by atoms with van der Waals surface area (Å²) in [5.41, 5.74) is 8.72. The number of carbonyl (C=O) groups excluding carboxylic acids is 3. The standard InChI is InChI=1S/C21H28N4O3/c22-15-5-2-6-16(8-7-15)23-11-13-3-1-4-14-12-25(21(28)19(13)14)17-9-10-18(26)24-20(17)27/h1,3-4,15-17,23H,2,5-12,22H2,(H,24,26,27). The Kier molecular flexibility index (Phi) is 5.46. The van der Waals surface area contributed by atoms with Gasteiger partial charge in [-0.1, -0.05) is 24.6 Å². The summed E-state index contributed by atoms with van der Waals surface area (Å²) in [5.74, 6) is -0.741. The number of hydrogen-bond donors (Lipinski definition) is 3. The minimum Gasteiger partial charge on any atom is -0.328 e. The Hall–Kier alpha value is -2.25. The number of carbonyl (C=O) groups is 3. The van der Waals surface area contributed by atoms with Crippen LogP contribution >= 0.6 is 0 Å². The van der Waals surface area contributed by atoms with Crippen LogP contribution in [-0.4, -0.2) is 40.7 Å². The average Bonchev–Trinajstić information content (AvgIpc) is 2.86. The highest BCUT2D eigenvalue weighted by atomic mass is 16.2. The molecule has 4 N–H and O–H groups in total. The SMILES string of the molecule is NC1CCCC(NCc2cccc3c2C(=O)N(C2CCC(=O)NC2=O)C3)CC1. The first kappa shape index (κ1) is 19.1. The van der Waals surface area contributed by atoms with E-state index in [-0.39, 0.29) is 24.1 Å². The molecule has 4 rings (SSSR count). The Bertz CT molecular complexity index is 794. The van der Waals surface area contributed by atoms with Crippen molar-refractivity contribution in [2.45, 2.75) is 76.2 Å². The number of amides is 3. The smallest absolute Gasteiger partial charge is 0.255 e. The second-order valence-corrected chi connectivity index (χ2v) is 8.20. The number of nitrogens with one attached hydrogen (secondary N) is 2. The molecule has 28 heavy (non-hydrogen) atoms. The predicted octanol–water partition coefficient (Wildman–Crippen LogP) is 1.20. The monoisotopic (exact) mass is 384 g/mol. The van der Waals surface area contributed by atoms with Crippen molar-refractivity contribution in [3.8, 4) is 0 Å². The summed E-state index contributed by atoms with van der Waals surface area (Å²) in [7, 11) is 0. The molecule has 150 valence electrons. The fourth-order valence-electron chi connectivity index (χ4n) is 4.63. The maximum atomic E-state index is 13.1. The number of fused-ring (bicyclic) bond motifs is 1. The van der Waals surface area contributed by atoms with Gasteiger partial charge >= 0.3 is 0 Å². The molecule has 3 amide bonds. The normalized spacial score (nSPS) is 28.1. The molecule has 2 fully saturated rings. The Morgan fingerprint density at radius 2 is 1.96 bits per heavy atom. The molecule has 1 aromatic rings. The number of piperidine rings is 1. The van der Waals surface area contributed by atoms with E-state index in [4.69, 9.17) is 5.73 Å². The molecule has 0 radical (unpaired) electrons. The Morgan fingerprint density at radius 1 is 1.11 bits per heavy atom. The molecule has 1 aromatic carbocycles. The zero-order valence-corrected chi connectivity index (χ0v) is 16.1. The Morgan fingerprint density at radius 3 is 2.79 bits per heavy atom. The second kappa shape index (κ2) is 8.01. The van der Waals surface area contributed by atoms with Gasteiger partial charge in [-0.2, -0.15) is 0 Å². The highest BCUT2D eigenvalue weighted by Gasteiger charge is 2.39. The first-order valence-electron chi connectivity index (χ1n) is 10.3. The molecule has 0 aromatic heterocycles. The van der Waals surface area contributed by atoms with Gasteiger partial charge in [0.05, 0.1) is 0 Å². The molecule has 0 bridgehead atoms. The lowest BCUT2D eigenvalue weighted by Crippen LogP contribution is -2.52. The van der Waals surface area contributed by atoms with E-state index in [2.05, 4.69) is 10.6 Å². The van der Waals surface area contributed by atoms with Crippen molar-refractivity contribution >= 4 is 17.7 Å². The van der Waals surface area contributed by atoms with Crippen LogP contribution in [0.25, 0.3) is 0 Å². The van der Waals surface area contributed by atoms with Gasteiger partial charge in [0.2, 0.25) is 11.8 Å². The van der Waals surface area contributed by atoms with E-state index >= 15 is 0 Å². The van der Waals surface area contributed by atoms with Gasteiger partial charge in [0.15, 0.2) is 0 Å². The van der Waals surface area contributed by atoms with Gasteiger partial charge in [-0.3, -0.25) is 19.7 Å². The predicted molar refractivity (Wildman–Crippen MR) is 104 cm³/mol. The number of rotatable bonds is 4. The van der Waals surface area contributed by atoms with Crippen LogP contribution in [0.4, 0.5) is 0 Å². The van der Waals surface area contributed by atoms with Crippen LogP contribution < -0.4 is 16.4 Å². The molecule has 2 aliphatic heterocycles. The van der Waals surface area contributed by atoms with E-state index in [0.717, 1.165) is 43.2 Å². The van der Waals surface area contributed by atoms with Crippen molar-refractivity contribution in [3.05, 3.63) is 34.9 Å². The molecule has 7 heteroatoms. The third-order valence-electron chi connectivity index (χ3n) is 6.23. The van der Waals surface area contributed by atoms with Crippen LogP contribution in [0, 0.1) is 0 Å². The van der Waals surface area contributed by atoms with Crippen LogP contribution in [0.3, 0.4) is 0 Å². The zero-order chi connectivity index (χ0) is 19.7. The molecule has 0 spiro atoms. The van der Waals surface area contributed by atoms with E-state index in [1.807, 2.05) is 18.2 Å². The lowest BCUT2D eigenvalue weighted by molar-refractivity contribution is -0.136.